The average Bonchev–Trinajstić information content (AvgIpc) is 3.24. The number of nitrogens with one attached hydrogen (secondary N) is 1. The summed E-state index contributed by atoms with van der Waals surface area (Å²) in [6.07, 6.45) is 4.15. The van der Waals surface area contributed by atoms with Gasteiger partial charge in [0.2, 0.25) is 0 Å². The van der Waals surface area contributed by atoms with E-state index in [-0.39, 0.29) is 15.1 Å². The van der Waals surface area contributed by atoms with Crippen molar-refractivity contribution in [3.05, 3.63) is 69.6 Å². The summed E-state index contributed by atoms with van der Waals surface area (Å²) in [5.74, 6) is -1.22. The molecule has 0 saturated carbocycles. The Bertz CT molecular complexity index is 1160. The number of thiocarbonyl (C=S) groups is 1. The molecule has 0 atom stereocenters. The van der Waals surface area contributed by atoms with E-state index in [1.807, 2.05) is 24.3 Å². The Balaban J connectivity index is 1.60. The van der Waals surface area contributed by atoms with Crippen molar-refractivity contribution in [3.8, 4) is 0 Å². The number of carbonyl (C=O) groups excluding carboxylic acids is 3. The van der Waals surface area contributed by atoms with Crippen LogP contribution in [0, 0.1) is 0 Å². The molecule has 2 aromatic carbocycles. The molecule has 0 aliphatic carbocycles. The Kier molecular flexibility index (Phi) is 7.17. The number of hydrazine groups is 1. The quantitative estimate of drug-likeness (QED) is 0.323. The highest BCUT2D eigenvalue weighted by atomic mass is 35.5. The molecule has 0 bridgehead atoms. The SMILES string of the molecule is CCCCCCN1C(=O)/C(=C2\SC(=S)N(NC(=O)c3ccc(Cl)cc3)C2=O)c2ccccc21. The highest BCUT2D eigenvalue weighted by Gasteiger charge is 2.42. The van der Waals surface area contributed by atoms with Gasteiger partial charge in [0, 0.05) is 22.7 Å². The fourth-order valence-electron chi connectivity index (χ4n) is 3.80. The van der Waals surface area contributed by atoms with Crippen molar-refractivity contribution in [2.24, 2.45) is 0 Å². The molecular formula is C24H22ClN3O3S2. The van der Waals surface area contributed by atoms with Gasteiger partial charge in [0.05, 0.1) is 16.2 Å². The molecule has 2 aromatic rings. The molecule has 0 unspecified atom stereocenters. The van der Waals surface area contributed by atoms with E-state index >= 15 is 0 Å². The number of para-hydroxylation sites is 1. The van der Waals surface area contributed by atoms with Crippen LogP contribution in [0.5, 0.6) is 0 Å². The lowest BCUT2D eigenvalue weighted by molar-refractivity contribution is -0.124. The Morgan fingerprint density at radius 3 is 2.48 bits per heavy atom. The molecule has 2 heterocycles. The van der Waals surface area contributed by atoms with Gasteiger partial charge >= 0.3 is 0 Å². The predicted molar refractivity (Wildman–Crippen MR) is 136 cm³/mol. The number of carbonyl (C=O) groups is 3. The first kappa shape index (κ1) is 23.5. The van der Waals surface area contributed by atoms with Gasteiger partial charge in [-0.05, 0) is 49.0 Å². The molecule has 1 N–H and O–H groups in total. The van der Waals surface area contributed by atoms with Crippen LogP contribution in [0.4, 0.5) is 5.69 Å². The van der Waals surface area contributed by atoms with Crippen LogP contribution in [0.2, 0.25) is 5.02 Å². The van der Waals surface area contributed by atoms with Crippen LogP contribution in [0.25, 0.3) is 5.57 Å². The minimum absolute atomic E-state index is 0.163. The highest BCUT2D eigenvalue weighted by Crippen LogP contribution is 2.44. The number of fused-ring (bicyclic) bond motifs is 1. The number of halogens is 1. The lowest BCUT2D eigenvalue weighted by atomic mass is 10.1. The van der Waals surface area contributed by atoms with E-state index in [4.69, 9.17) is 23.8 Å². The maximum absolute atomic E-state index is 13.4. The molecule has 2 aliphatic rings. The van der Waals surface area contributed by atoms with Gasteiger partial charge in [-0.25, -0.2) is 0 Å². The molecule has 33 heavy (non-hydrogen) atoms. The molecule has 0 spiro atoms. The topological polar surface area (TPSA) is 69.7 Å². The minimum Gasteiger partial charge on any atom is -0.308 e. The fourth-order valence-corrected chi connectivity index (χ4v) is 5.18. The summed E-state index contributed by atoms with van der Waals surface area (Å²) in [7, 11) is 0. The van der Waals surface area contributed by atoms with Crippen molar-refractivity contribution in [1.82, 2.24) is 10.4 Å². The molecule has 0 aromatic heterocycles. The second-order valence-electron chi connectivity index (χ2n) is 7.70. The van der Waals surface area contributed by atoms with Crippen molar-refractivity contribution in [3.63, 3.8) is 0 Å². The number of rotatable bonds is 7. The zero-order chi connectivity index (χ0) is 23.5. The molecule has 6 nitrogen and oxygen atoms in total. The summed E-state index contributed by atoms with van der Waals surface area (Å²) in [5, 5.41) is 1.53. The summed E-state index contributed by atoms with van der Waals surface area (Å²) in [5.41, 5.74) is 4.72. The number of hydrogen-bond donors (Lipinski definition) is 1. The monoisotopic (exact) mass is 499 g/mol. The lowest BCUT2D eigenvalue weighted by Crippen LogP contribution is -2.45. The summed E-state index contributed by atoms with van der Waals surface area (Å²) in [6, 6.07) is 13.7. The Hall–Kier alpha value is -2.68. The highest BCUT2D eigenvalue weighted by molar-refractivity contribution is 8.26. The van der Waals surface area contributed by atoms with Crippen LogP contribution in [-0.4, -0.2) is 33.6 Å². The zero-order valence-corrected chi connectivity index (χ0v) is 20.4. The smallest absolute Gasteiger partial charge is 0.286 e. The molecule has 9 heteroatoms. The van der Waals surface area contributed by atoms with Gasteiger partial charge in [-0.15, -0.1) is 0 Å². The Labute approximate surface area is 206 Å². The summed E-state index contributed by atoms with van der Waals surface area (Å²) in [4.78, 5) is 41.2. The number of unbranched alkanes of at least 4 members (excludes halogenated alkanes) is 3. The maximum Gasteiger partial charge on any atom is 0.286 e. The van der Waals surface area contributed by atoms with E-state index in [0.717, 1.165) is 48.1 Å². The van der Waals surface area contributed by atoms with E-state index in [0.29, 0.717) is 28.3 Å². The zero-order valence-electron chi connectivity index (χ0n) is 18.0. The van der Waals surface area contributed by atoms with Crippen LogP contribution in [0.1, 0.15) is 48.5 Å². The van der Waals surface area contributed by atoms with Crippen molar-refractivity contribution < 1.29 is 14.4 Å². The third kappa shape index (κ3) is 4.69. The fraction of sp³-hybridized carbons (Fsp3) is 0.250. The van der Waals surface area contributed by atoms with Gasteiger partial charge in [0.25, 0.3) is 17.7 Å². The summed E-state index contributed by atoms with van der Waals surface area (Å²) < 4.78 is 0.163. The largest absolute Gasteiger partial charge is 0.308 e. The van der Waals surface area contributed by atoms with E-state index < -0.39 is 11.8 Å². The first-order chi connectivity index (χ1) is 15.9. The van der Waals surface area contributed by atoms with Crippen LogP contribution in [0.3, 0.4) is 0 Å². The van der Waals surface area contributed by atoms with Gasteiger partial charge < -0.3 is 4.90 Å². The van der Waals surface area contributed by atoms with Gasteiger partial charge in [0.15, 0.2) is 4.32 Å². The average molecular weight is 500 g/mol. The van der Waals surface area contributed by atoms with E-state index in [2.05, 4.69) is 12.3 Å². The Morgan fingerprint density at radius 2 is 1.76 bits per heavy atom. The number of nitrogens with zero attached hydrogens (tertiary/aromatic N) is 2. The molecule has 1 fully saturated rings. The first-order valence-corrected chi connectivity index (χ1v) is 12.3. The third-order valence-electron chi connectivity index (χ3n) is 5.47. The van der Waals surface area contributed by atoms with Crippen LogP contribution >= 0.6 is 35.6 Å². The molecule has 170 valence electrons. The summed E-state index contributed by atoms with van der Waals surface area (Å²) >= 11 is 12.3. The molecular weight excluding hydrogens is 478 g/mol. The van der Waals surface area contributed by atoms with E-state index in [1.54, 1.807) is 29.2 Å². The predicted octanol–water partition coefficient (Wildman–Crippen LogP) is 5.18. The van der Waals surface area contributed by atoms with Gasteiger partial charge in [-0.3, -0.25) is 19.8 Å². The van der Waals surface area contributed by atoms with Crippen LogP contribution < -0.4 is 10.3 Å². The second kappa shape index (κ2) is 10.1. The first-order valence-electron chi connectivity index (χ1n) is 10.7. The lowest BCUT2D eigenvalue weighted by Gasteiger charge is -2.17. The third-order valence-corrected chi connectivity index (χ3v) is 7.10. The van der Waals surface area contributed by atoms with Crippen LogP contribution in [-0.2, 0) is 9.59 Å². The second-order valence-corrected chi connectivity index (χ2v) is 9.78. The van der Waals surface area contributed by atoms with Crippen molar-refractivity contribution in [1.29, 1.82) is 0 Å². The Morgan fingerprint density at radius 1 is 1.03 bits per heavy atom. The van der Waals surface area contributed by atoms with Crippen molar-refractivity contribution >= 4 is 68.9 Å². The van der Waals surface area contributed by atoms with Crippen molar-refractivity contribution in [2.75, 3.05) is 11.4 Å². The number of hydrogen-bond acceptors (Lipinski definition) is 5. The van der Waals surface area contributed by atoms with E-state index in [1.165, 1.54) is 0 Å². The molecule has 1 saturated heterocycles. The number of thioether (sulfide) groups is 1. The van der Waals surface area contributed by atoms with Gasteiger partial charge in [-0.1, -0.05) is 67.7 Å². The molecule has 0 radical (unpaired) electrons. The van der Waals surface area contributed by atoms with Gasteiger partial charge in [-0.2, -0.15) is 5.01 Å². The molecule has 3 amide bonds. The van der Waals surface area contributed by atoms with Gasteiger partial charge in [0.1, 0.15) is 0 Å². The normalized spacial score (nSPS) is 17.7. The standard InChI is InChI=1S/C24H22ClN3O3S2/c1-2-3-4-7-14-27-18-9-6-5-8-17(18)19(22(27)30)20-23(31)28(24(32)33-20)26-21(29)15-10-12-16(25)13-11-15/h5-6,8-13H,2-4,7,14H2,1H3,(H,26,29)/b20-19-. The summed E-state index contributed by atoms with van der Waals surface area (Å²) in [6.45, 7) is 2.73. The maximum atomic E-state index is 13.4. The molecule has 4 rings (SSSR count). The van der Waals surface area contributed by atoms with Crippen molar-refractivity contribution in [2.45, 2.75) is 32.6 Å². The number of benzene rings is 2. The number of anilines is 1. The minimum atomic E-state index is -0.515. The van der Waals surface area contributed by atoms with E-state index in [9.17, 15) is 14.4 Å². The molecule has 2 aliphatic heterocycles. The van der Waals surface area contributed by atoms with Crippen LogP contribution in [0.15, 0.2) is 53.4 Å². The number of amides is 3.